The van der Waals surface area contributed by atoms with Crippen LogP contribution in [0, 0.1) is 23.7 Å². The Morgan fingerprint density at radius 3 is 1.40 bits per heavy atom. The molecule has 0 N–H and O–H groups in total. The van der Waals surface area contributed by atoms with Crippen LogP contribution in [0.1, 0.15) is 38.5 Å². The van der Waals surface area contributed by atoms with Crippen molar-refractivity contribution in [1.29, 1.82) is 0 Å². The molecular formula is C10H16. The Morgan fingerprint density at radius 2 is 0.900 bits per heavy atom. The first-order valence-corrected chi connectivity index (χ1v) is 4.97. The van der Waals surface area contributed by atoms with Crippen LogP contribution in [0.5, 0.6) is 0 Å². The Kier molecular flexibility index (Phi) is 1.00. The lowest BCUT2D eigenvalue weighted by Crippen LogP contribution is -2.37. The van der Waals surface area contributed by atoms with E-state index in [1.165, 1.54) is 23.7 Å². The zero-order valence-electron chi connectivity index (χ0n) is 6.55. The normalized spacial score (nSPS) is 57.6. The quantitative estimate of drug-likeness (QED) is 0.480. The number of hydrogen-bond donors (Lipinski definition) is 0. The molecule has 0 aromatic rings. The van der Waals surface area contributed by atoms with E-state index < -0.39 is 0 Å². The van der Waals surface area contributed by atoms with Gasteiger partial charge in [-0.3, -0.25) is 0 Å². The Morgan fingerprint density at radius 1 is 0.500 bits per heavy atom. The average Bonchev–Trinajstić information content (AvgIpc) is 2.41. The monoisotopic (exact) mass is 136 g/mol. The van der Waals surface area contributed by atoms with E-state index in [1.807, 2.05) is 0 Å². The fraction of sp³-hybridized carbons (Fsp3) is 1.00. The molecule has 0 aromatic carbocycles. The van der Waals surface area contributed by atoms with Gasteiger partial charge in [0.2, 0.25) is 0 Å². The third-order valence-electron chi connectivity index (χ3n) is 4.36. The predicted octanol–water partition coefficient (Wildman–Crippen LogP) is 2.83. The van der Waals surface area contributed by atoms with Crippen molar-refractivity contribution in [2.24, 2.45) is 23.7 Å². The predicted molar refractivity (Wildman–Crippen MR) is 41.7 cm³/mol. The SMILES string of the molecule is C1CCC2C3CCC2C3C1. The molecule has 0 amide bonds. The molecule has 0 nitrogen and oxygen atoms in total. The van der Waals surface area contributed by atoms with Crippen LogP contribution in [0.25, 0.3) is 0 Å². The average molecular weight is 136 g/mol. The smallest absolute Gasteiger partial charge is 0.0352 e. The van der Waals surface area contributed by atoms with Gasteiger partial charge in [0.05, 0.1) is 0 Å². The van der Waals surface area contributed by atoms with E-state index in [0.717, 1.165) is 0 Å². The van der Waals surface area contributed by atoms with Gasteiger partial charge in [0.1, 0.15) is 0 Å². The zero-order chi connectivity index (χ0) is 6.55. The molecule has 0 saturated heterocycles. The van der Waals surface area contributed by atoms with E-state index in [2.05, 4.69) is 0 Å². The summed E-state index contributed by atoms with van der Waals surface area (Å²) in [6.07, 6.45) is 9.47. The molecule has 0 atom stereocenters. The minimum atomic E-state index is 1.22. The summed E-state index contributed by atoms with van der Waals surface area (Å²) in [7, 11) is 0. The summed E-state index contributed by atoms with van der Waals surface area (Å²) in [4.78, 5) is 0. The van der Waals surface area contributed by atoms with E-state index in [9.17, 15) is 0 Å². The molecule has 0 aromatic heterocycles. The maximum Gasteiger partial charge on any atom is -0.0352 e. The molecule has 0 radical (unpaired) electrons. The van der Waals surface area contributed by atoms with Crippen LogP contribution in [-0.4, -0.2) is 0 Å². The van der Waals surface area contributed by atoms with Crippen molar-refractivity contribution < 1.29 is 0 Å². The van der Waals surface area contributed by atoms with Gasteiger partial charge in [-0.15, -0.1) is 0 Å². The molecule has 0 spiro atoms. The van der Waals surface area contributed by atoms with Crippen molar-refractivity contribution in [3.63, 3.8) is 0 Å². The molecular weight excluding hydrogens is 120 g/mol. The van der Waals surface area contributed by atoms with Crippen molar-refractivity contribution in [2.75, 3.05) is 0 Å². The third kappa shape index (κ3) is 0.500. The van der Waals surface area contributed by atoms with Crippen molar-refractivity contribution >= 4 is 0 Å². The topological polar surface area (TPSA) is 0 Å². The zero-order valence-corrected chi connectivity index (χ0v) is 6.55. The number of hydrogen-bond acceptors (Lipinski definition) is 0. The third-order valence-corrected chi connectivity index (χ3v) is 4.36. The van der Waals surface area contributed by atoms with Gasteiger partial charge in [-0.1, -0.05) is 12.8 Å². The highest BCUT2D eigenvalue weighted by molar-refractivity contribution is 5.03. The largest absolute Gasteiger partial charge is 0.0530 e. The Hall–Kier alpha value is 0. The highest BCUT2D eigenvalue weighted by Gasteiger charge is 2.54. The standard InChI is InChI=1S/C10H16/c1-2-4-8-9-5-6-10(8)7(9)3-1/h7-10H,1-6H2. The molecule has 56 valence electrons. The second-order valence-corrected chi connectivity index (χ2v) is 4.52. The molecule has 4 bridgehead atoms. The van der Waals surface area contributed by atoms with Crippen LogP contribution in [0.3, 0.4) is 0 Å². The molecule has 5 aliphatic rings. The van der Waals surface area contributed by atoms with Crippen LogP contribution in [0.15, 0.2) is 0 Å². The molecule has 0 heterocycles. The summed E-state index contributed by atoms with van der Waals surface area (Å²) in [5.74, 6) is 4.86. The van der Waals surface area contributed by atoms with Crippen LogP contribution < -0.4 is 0 Å². The Labute approximate surface area is 63.0 Å². The minimum absolute atomic E-state index is 1.22. The Bertz CT molecular complexity index is 120. The van der Waals surface area contributed by atoms with Gasteiger partial charge in [-0.05, 0) is 49.4 Å². The van der Waals surface area contributed by atoms with Crippen molar-refractivity contribution in [2.45, 2.75) is 38.5 Å². The molecule has 5 fully saturated rings. The van der Waals surface area contributed by atoms with Crippen LogP contribution >= 0.6 is 0 Å². The molecule has 5 saturated carbocycles. The minimum Gasteiger partial charge on any atom is -0.0530 e. The first kappa shape index (κ1) is 5.62. The van der Waals surface area contributed by atoms with Crippen LogP contribution in [0.2, 0.25) is 0 Å². The fourth-order valence-electron chi connectivity index (χ4n) is 3.98. The van der Waals surface area contributed by atoms with E-state index in [4.69, 9.17) is 0 Å². The summed E-state index contributed by atoms with van der Waals surface area (Å²) >= 11 is 0. The summed E-state index contributed by atoms with van der Waals surface area (Å²) in [5.41, 5.74) is 0. The molecule has 5 rings (SSSR count). The molecule has 0 aliphatic heterocycles. The first-order valence-electron chi connectivity index (χ1n) is 4.97. The van der Waals surface area contributed by atoms with Gasteiger partial charge in [0.15, 0.2) is 0 Å². The lowest BCUT2D eigenvalue weighted by molar-refractivity contribution is 0.0559. The lowest BCUT2D eigenvalue weighted by Gasteiger charge is -2.42. The van der Waals surface area contributed by atoms with Crippen molar-refractivity contribution in [3.8, 4) is 0 Å². The summed E-state index contributed by atoms with van der Waals surface area (Å²) in [6, 6.07) is 0. The first-order chi connectivity index (χ1) is 4.97. The molecule has 10 heavy (non-hydrogen) atoms. The summed E-state index contributed by atoms with van der Waals surface area (Å²) in [5, 5.41) is 0. The van der Waals surface area contributed by atoms with E-state index in [1.54, 1.807) is 38.5 Å². The van der Waals surface area contributed by atoms with E-state index in [0.29, 0.717) is 0 Å². The summed E-state index contributed by atoms with van der Waals surface area (Å²) < 4.78 is 0. The van der Waals surface area contributed by atoms with Gasteiger partial charge < -0.3 is 0 Å². The maximum atomic E-state index is 1.60. The molecule has 5 aliphatic carbocycles. The van der Waals surface area contributed by atoms with Gasteiger partial charge in [-0.25, -0.2) is 0 Å². The molecule has 0 unspecified atom stereocenters. The van der Waals surface area contributed by atoms with Crippen molar-refractivity contribution in [1.82, 2.24) is 0 Å². The second kappa shape index (κ2) is 1.78. The lowest BCUT2D eigenvalue weighted by atomic mass is 9.62. The highest BCUT2D eigenvalue weighted by Crippen LogP contribution is 2.62. The van der Waals surface area contributed by atoms with Gasteiger partial charge in [0.25, 0.3) is 0 Å². The Balaban J connectivity index is 1.89. The highest BCUT2D eigenvalue weighted by atomic mass is 14.6. The number of fused-ring (bicyclic) bond motifs is 4. The second-order valence-electron chi connectivity index (χ2n) is 4.52. The number of rotatable bonds is 0. The van der Waals surface area contributed by atoms with Gasteiger partial charge in [-0.2, -0.15) is 0 Å². The fourth-order valence-corrected chi connectivity index (χ4v) is 3.98. The van der Waals surface area contributed by atoms with Crippen LogP contribution in [0.4, 0.5) is 0 Å². The van der Waals surface area contributed by atoms with Crippen LogP contribution in [-0.2, 0) is 0 Å². The van der Waals surface area contributed by atoms with Crippen molar-refractivity contribution in [3.05, 3.63) is 0 Å². The van der Waals surface area contributed by atoms with E-state index >= 15 is 0 Å². The molecule has 0 heteroatoms. The van der Waals surface area contributed by atoms with Gasteiger partial charge >= 0.3 is 0 Å². The van der Waals surface area contributed by atoms with Gasteiger partial charge in [0, 0.05) is 0 Å². The summed E-state index contributed by atoms with van der Waals surface area (Å²) in [6.45, 7) is 0. The van der Waals surface area contributed by atoms with E-state index in [-0.39, 0.29) is 0 Å². The maximum absolute atomic E-state index is 1.60.